The number of benzene rings is 2. The van der Waals surface area contributed by atoms with Gasteiger partial charge in [-0.2, -0.15) is 0 Å². The minimum Gasteiger partial charge on any atom is -0.492 e. The number of hydrogen-bond acceptors (Lipinski definition) is 2. The molecule has 2 amide bonds. The third-order valence-electron chi connectivity index (χ3n) is 3.51. The van der Waals surface area contributed by atoms with Crippen LogP contribution in [0, 0.1) is 13.8 Å². The fourth-order valence-corrected chi connectivity index (χ4v) is 2.92. The molecule has 2 rings (SSSR count). The number of ether oxygens (including phenoxy) is 1. The molecule has 0 unspecified atom stereocenters. The number of anilines is 1. The summed E-state index contributed by atoms with van der Waals surface area (Å²) in [5.74, 6) is 0.806. The second kappa shape index (κ2) is 8.02. The largest absolute Gasteiger partial charge is 0.492 e. The summed E-state index contributed by atoms with van der Waals surface area (Å²) < 4.78 is 6.62. The smallest absolute Gasteiger partial charge is 0.321 e. The summed E-state index contributed by atoms with van der Waals surface area (Å²) >= 11 is 3.46. The van der Waals surface area contributed by atoms with Crippen LogP contribution in [-0.2, 0) is 0 Å². The number of nitrogens with zero attached hydrogens (tertiary/aromatic N) is 1. The number of hydrogen-bond donors (Lipinski definition) is 1. The fraction of sp³-hybridized carbons (Fsp3) is 0.278. The average Bonchev–Trinajstić information content (AvgIpc) is 2.51. The summed E-state index contributed by atoms with van der Waals surface area (Å²) in [6.45, 7) is 4.92. The second-order valence-corrected chi connectivity index (χ2v) is 6.34. The maximum atomic E-state index is 12.3. The van der Waals surface area contributed by atoms with Crippen LogP contribution in [0.5, 0.6) is 5.75 Å². The van der Waals surface area contributed by atoms with Gasteiger partial charge in [-0.3, -0.25) is 0 Å². The lowest BCUT2D eigenvalue weighted by molar-refractivity contribution is 0.207. The van der Waals surface area contributed by atoms with Crippen molar-refractivity contribution in [3.63, 3.8) is 0 Å². The predicted molar refractivity (Wildman–Crippen MR) is 97.2 cm³/mol. The highest BCUT2D eigenvalue weighted by Crippen LogP contribution is 2.25. The highest BCUT2D eigenvalue weighted by atomic mass is 79.9. The Hall–Kier alpha value is -2.01. The maximum absolute atomic E-state index is 12.3. The minimum atomic E-state index is -0.143. The zero-order chi connectivity index (χ0) is 16.8. The molecule has 4 nitrogen and oxygen atoms in total. The lowest BCUT2D eigenvalue weighted by Crippen LogP contribution is -2.34. The molecule has 0 aliphatic carbocycles. The van der Waals surface area contributed by atoms with Crippen LogP contribution in [0.25, 0.3) is 0 Å². The number of amides is 2. The zero-order valence-corrected chi connectivity index (χ0v) is 15.2. The Kier molecular flexibility index (Phi) is 6.04. The Morgan fingerprint density at radius 1 is 1.17 bits per heavy atom. The Balaban J connectivity index is 1.88. The van der Waals surface area contributed by atoms with Crippen molar-refractivity contribution in [2.45, 2.75) is 13.8 Å². The third-order valence-corrected chi connectivity index (χ3v) is 3.97. The quantitative estimate of drug-likeness (QED) is 0.827. The van der Waals surface area contributed by atoms with Crippen LogP contribution in [0.2, 0.25) is 0 Å². The van der Waals surface area contributed by atoms with Gasteiger partial charge in [0.05, 0.1) is 6.54 Å². The Bertz CT molecular complexity index is 651. The number of para-hydroxylation sites is 1. The molecule has 0 aliphatic heterocycles. The molecule has 2 aromatic rings. The maximum Gasteiger partial charge on any atom is 0.321 e. The number of carbonyl (C=O) groups excluding carboxylic acids is 1. The Morgan fingerprint density at radius 2 is 1.78 bits per heavy atom. The van der Waals surface area contributed by atoms with E-state index in [1.807, 2.05) is 56.3 Å². The molecule has 0 atom stereocenters. The van der Waals surface area contributed by atoms with Gasteiger partial charge in [-0.25, -0.2) is 4.79 Å². The first kappa shape index (κ1) is 17.3. The number of halogens is 1. The fourth-order valence-electron chi connectivity index (χ4n) is 2.23. The first-order valence-electron chi connectivity index (χ1n) is 7.44. The molecule has 0 radical (unpaired) electrons. The lowest BCUT2D eigenvalue weighted by atomic mass is 10.1. The van der Waals surface area contributed by atoms with Crippen molar-refractivity contribution in [2.24, 2.45) is 0 Å². The number of likely N-dealkylation sites (N-methyl/N-ethyl adjacent to an activating group) is 1. The normalized spacial score (nSPS) is 10.3. The molecule has 0 bridgehead atoms. The van der Waals surface area contributed by atoms with Crippen LogP contribution in [0.1, 0.15) is 11.1 Å². The van der Waals surface area contributed by atoms with Gasteiger partial charge >= 0.3 is 6.03 Å². The van der Waals surface area contributed by atoms with E-state index in [0.29, 0.717) is 13.2 Å². The van der Waals surface area contributed by atoms with E-state index < -0.39 is 0 Å². The van der Waals surface area contributed by atoms with Crippen LogP contribution in [0.4, 0.5) is 10.5 Å². The first-order chi connectivity index (χ1) is 11.0. The van der Waals surface area contributed by atoms with Crippen molar-refractivity contribution in [3.8, 4) is 5.75 Å². The summed E-state index contributed by atoms with van der Waals surface area (Å²) in [6.07, 6.45) is 0. The van der Waals surface area contributed by atoms with Gasteiger partial charge in [0.1, 0.15) is 12.4 Å². The summed E-state index contributed by atoms with van der Waals surface area (Å²) in [6, 6.07) is 13.4. The molecule has 2 aromatic carbocycles. The molecule has 0 heterocycles. The highest BCUT2D eigenvalue weighted by Gasteiger charge is 2.12. The van der Waals surface area contributed by atoms with Crippen molar-refractivity contribution >= 4 is 27.6 Å². The Labute approximate surface area is 145 Å². The SMILES string of the molecule is Cc1cc(Br)cc(C)c1NC(=O)N(C)CCOc1ccccc1. The summed E-state index contributed by atoms with van der Waals surface area (Å²) in [5.41, 5.74) is 2.91. The van der Waals surface area contributed by atoms with Gasteiger partial charge in [-0.05, 0) is 49.2 Å². The molecule has 23 heavy (non-hydrogen) atoms. The van der Waals surface area contributed by atoms with Crippen LogP contribution < -0.4 is 10.1 Å². The standard InChI is InChI=1S/C18H21BrN2O2/c1-13-11-15(19)12-14(2)17(13)20-18(22)21(3)9-10-23-16-7-5-4-6-8-16/h4-8,11-12H,9-10H2,1-3H3,(H,20,22). The molecular formula is C18H21BrN2O2. The molecule has 0 aromatic heterocycles. The van der Waals surface area contributed by atoms with Gasteiger partial charge in [0.15, 0.2) is 0 Å². The highest BCUT2D eigenvalue weighted by molar-refractivity contribution is 9.10. The molecule has 0 fully saturated rings. The van der Waals surface area contributed by atoms with Crippen LogP contribution >= 0.6 is 15.9 Å². The molecule has 122 valence electrons. The average molecular weight is 377 g/mol. The topological polar surface area (TPSA) is 41.6 Å². The molecule has 0 aliphatic rings. The van der Waals surface area contributed by atoms with Gasteiger partial charge in [-0.1, -0.05) is 34.1 Å². The van der Waals surface area contributed by atoms with E-state index in [9.17, 15) is 4.79 Å². The number of carbonyl (C=O) groups is 1. The van der Waals surface area contributed by atoms with E-state index >= 15 is 0 Å². The van der Waals surface area contributed by atoms with Crippen LogP contribution in [0.3, 0.4) is 0 Å². The van der Waals surface area contributed by atoms with Crippen LogP contribution in [-0.4, -0.2) is 31.1 Å². The van der Waals surface area contributed by atoms with Gasteiger partial charge in [-0.15, -0.1) is 0 Å². The summed E-state index contributed by atoms with van der Waals surface area (Å²) in [4.78, 5) is 13.9. The summed E-state index contributed by atoms with van der Waals surface area (Å²) in [5, 5.41) is 2.96. The third kappa shape index (κ3) is 4.99. The molecule has 0 saturated heterocycles. The van der Waals surface area contributed by atoms with Crippen molar-refractivity contribution in [3.05, 3.63) is 58.1 Å². The zero-order valence-electron chi connectivity index (χ0n) is 13.6. The second-order valence-electron chi connectivity index (χ2n) is 5.43. The molecule has 5 heteroatoms. The molecular weight excluding hydrogens is 356 g/mol. The minimum absolute atomic E-state index is 0.143. The van der Waals surface area contributed by atoms with E-state index in [0.717, 1.165) is 27.0 Å². The predicted octanol–water partition coefficient (Wildman–Crippen LogP) is 4.61. The molecule has 0 spiro atoms. The van der Waals surface area contributed by atoms with E-state index in [4.69, 9.17) is 4.74 Å². The Morgan fingerprint density at radius 3 is 2.39 bits per heavy atom. The number of nitrogens with one attached hydrogen (secondary N) is 1. The number of urea groups is 1. The van der Waals surface area contributed by atoms with Gasteiger partial charge < -0.3 is 15.0 Å². The molecule has 1 N–H and O–H groups in total. The lowest BCUT2D eigenvalue weighted by Gasteiger charge is -2.20. The van der Waals surface area contributed by atoms with E-state index in [-0.39, 0.29) is 6.03 Å². The van der Waals surface area contributed by atoms with Crippen molar-refractivity contribution in [1.82, 2.24) is 4.90 Å². The van der Waals surface area contributed by atoms with Gasteiger partial charge in [0, 0.05) is 17.2 Å². The molecule has 0 saturated carbocycles. The summed E-state index contributed by atoms with van der Waals surface area (Å²) in [7, 11) is 1.76. The van der Waals surface area contributed by atoms with Crippen molar-refractivity contribution in [1.29, 1.82) is 0 Å². The van der Waals surface area contributed by atoms with Crippen molar-refractivity contribution in [2.75, 3.05) is 25.5 Å². The number of aryl methyl sites for hydroxylation is 2. The van der Waals surface area contributed by atoms with E-state index in [2.05, 4.69) is 21.2 Å². The van der Waals surface area contributed by atoms with Gasteiger partial charge in [0.2, 0.25) is 0 Å². The number of rotatable bonds is 5. The van der Waals surface area contributed by atoms with Crippen LogP contribution in [0.15, 0.2) is 46.9 Å². The first-order valence-corrected chi connectivity index (χ1v) is 8.23. The van der Waals surface area contributed by atoms with E-state index in [1.165, 1.54) is 0 Å². The monoisotopic (exact) mass is 376 g/mol. The van der Waals surface area contributed by atoms with Crippen molar-refractivity contribution < 1.29 is 9.53 Å². The van der Waals surface area contributed by atoms with Gasteiger partial charge in [0.25, 0.3) is 0 Å². The van der Waals surface area contributed by atoms with E-state index in [1.54, 1.807) is 11.9 Å².